The molecule has 22 aliphatic rings. The maximum absolute atomic E-state index is 11.2. The molecule has 32 nitrogen and oxygen atoms in total. The van der Waals surface area contributed by atoms with E-state index in [1.807, 2.05) is 0 Å². The lowest BCUT2D eigenvalue weighted by atomic mass is 9.94. The second-order valence-electron chi connectivity index (χ2n) is 24.8. The first kappa shape index (κ1) is 81.0. The standard InChI is InChI=1S/C36H60O30.C21H40N2.2HI/c37-1-7-25-13(43)19(49)31(55-7)62-26-8(2-38)57-33(21(51)15(26)45)64-28-10(4-40)59-35(23(53)17(28)47)66-30-12(6-42)60-36(24(54)18(30)48)65-29-11(5-41)58-34(22(52)16(29)46)63-27-9(3-39)56-32(61-25)20(50)14(27)44;1-6-23(4,5)16-14-12-10-8-7-9-11-13-15-22-18-20(2)17-21(3)19-22;;/h7-54H,1-6H2;17-19H,6-16H2,1-5H3;2*1H/q;+2;;/p-2/t7-,8-,9-,10-,11-,12-,13-,14-,15-,16-,17-,18-,19-,20-,21-,22-,23-,24-,25-,26-,27-,28-,29-,30-,31-,32-,33-,34-,35-,36-;;;/m1.../s1. The summed E-state index contributed by atoms with van der Waals surface area (Å²) in [6, 6.07) is 2.25. The fraction of sp³-hybridized carbons (Fsp3) is 0.912. The van der Waals surface area contributed by atoms with Gasteiger partial charge in [0.2, 0.25) is 0 Å². The van der Waals surface area contributed by atoms with Crippen molar-refractivity contribution in [3.05, 3.63) is 29.6 Å². The molecular weight excluding hydrogens is 1450 g/mol. The minimum Gasteiger partial charge on any atom is -1.00 e. The van der Waals surface area contributed by atoms with E-state index in [0.29, 0.717) is 0 Å². The van der Waals surface area contributed by atoms with Gasteiger partial charge < -0.3 is 201 Å². The van der Waals surface area contributed by atoms with Gasteiger partial charge in [-0.05, 0) is 46.1 Å². The van der Waals surface area contributed by atoms with Crippen LogP contribution in [0.15, 0.2) is 18.5 Å². The van der Waals surface area contributed by atoms with Gasteiger partial charge in [-0.2, -0.15) is 0 Å². The van der Waals surface area contributed by atoms with Crippen molar-refractivity contribution in [1.29, 1.82) is 0 Å². The summed E-state index contributed by atoms with van der Waals surface area (Å²) < 4.78 is 71.4. The van der Waals surface area contributed by atoms with E-state index in [-0.39, 0.29) is 48.0 Å². The molecule has 91 heavy (non-hydrogen) atoms. The monoisotopic (exact) mass is 1550 g/mol. The number of aliphatic hydroxyl groups excluding tert-OH is 18. The highest BCUT2D eigenvalue weighted by Gasteiger charge is 2.59. The Bertz CT molecular complexity index is 1940. The van der Waals surface area contributed by atoms with Crippen LogP contribution < -0.4 is 52.5 Å². The molecular formula is C57H100I2N2O30. The molecule has 0 amide bonds. The summed E-state index contributed by atoms with van der Waals surface area (Å²) in [5, 5.41) is 196. The van der Waals surface area contributed by atoms with Gasteiger partial charge in [-0.1, -0.05) is 25.7 Å². The first-order valence-electron chi connectivity index (χ1n) is 30.8. The molecule has 0 aromatic carbocycles. The number of aryl methyl sites for hydroxylation is 3. The molecule has 23 rings (SSSR count). The Labute approximate surface area is 562 Å². The Hall–Kier alpha value is -0.630. The molecule has 0 aliphatic carbocycles. The number of ether oxygens (including phenoxy) is 12. The largest absolute Gasteiger partial charge is 1.00 e. The number of hydrogen-bond acceptors (Lipinski definition) is 30. The van der Waals surface area contributed by atoms with E-state index >= 15 is 0 Å². The zero-order chi connectivity index (χ0) is 65.2. The molecule has 1 aromatic rings. The third-order valence-electron chi connectivity index (χ3n) is 17.7. The van der Waals surface area contributed by atoms with Crippen LogP contribution in [-0.2, 0) is 63.4 Å². The van der Waals surface area contributed by atoms with Gasteiger partial charge in [0.15, 0.2) is 50.1 Å². The third-order valence-corrected chi connectivity index (χ3v) is 17.7. The highest BCUT2D eigenvalue weighted by Crippen LogP contribution is 2.38. The quantitative estimate of drug-likeness (QED) is 0.0281. The number of quaternary nitrogens is 1. The van der Waals surface area contributed by atoms with E-state index < -0.39 is 224 Å². The Morgan fingerprint density at radius 3 is 0.747 bits per heavy atom. The third kappa shape index (κ3) is 20.1. The van der Waals surface area contributed by atoms with E-state index in [0.717, 1.165) is 0 Å². The molecule has 22 saturated heterocycles. The van der Waals surface area contributed by atoms with Crippen LogP contribution in [0.1, 0.15) is 69.4 Å². The molecule has 0 spiro atoms. The predicted octanol–water partition coefficient (Wildman–Crippen LogP) is -14.2. The fourth-order valence-corrected chi connectivity index (χ4v) is 12.1. The van der Waals surface area contributed by atoms with Crippen LogP contribution in [0.5, 0.6) is 0 Å². The van der Waals surface area contributed by atoms with Crippen molar-refractivity contribution in [2.24, 2.45) is 0 Å². The van der Waals surface area contributed by atoms with Crippen molar-refractivity contribution < 1.29 is 206 Å². The molecule has 18 N–H and O–H groups in total. The molecule has 23 heterocycles. The maximum Gasteiger partial charge on any atom is 0.187 e. The van der Waals surface area contributed by atoms with E-state index in [1.54, 1.807) is 0 Å². The Morgan fingerprint density at radius 1 is 0.330 bits per heavy atom. The molecule has 22 aliphatic heterocycles. The molecule has 12 bridgehead atoms. The number of nitrogens with zero attached hydrogens (tertiary/aromatic N) is 2. The first-order chi connectivity index (χ1) is 42.3. The van der Waals surface area contributed by atoms with Crippen LogP contribution in [0.25, 0.3) is 0 Å². The summed E-state index contributed by atoms with van der Waals surface area (Å²) in [4.78, 5) is 0. The second kappa shape index (κ2) is 37.5. The van der Waals surface area contributed by atoms with Gasteiger partial charge in [0.1, 0.15) is 153 Å². The summed E-state index contributed by atoms with van der Waals surface area (Å²) in [5.41, 5.74) is 2.74. The predicted molar refractivity (Wildman–Crippen MR) is 296 cm³/mol. The van der Waals surface area contributed by atoms with Gasteiger partial charge in [-0.25, -0.2) is 4.57 Å². The fourth-order valence-electron chi connectivity index (χ4n) is 12.1. The van der Waals surface area contributed by atoms with Crippen molar-refractivity contribution in [3.8, 4) is 0 Å². The van der Waals surface area contributed by atoms with Crippen molar-refractivity contribution in [2.45, 2.75) is 263 Å². The number of hydrogen-bond donors (Lipinski definition) is 18. The molecule has 0 radical (unpaired) electrons. The van der Waals surface area contributed by atoms with Crippen molar-refractivity contribution >= 4 is 0 Å². The van der Waals surface area contributed by atoms with Gasteiger partial charge in [0, 0.05) is 17.5 Å². The lowest BCUT2D eigenvalue weighted by Gasteiger charge is -2.50. The zero-order valence-corrected chi connectivity index (χ0v) is 56.0. The Morgan fingerprint density at radius 2 is 0.538 bits per heavy atom. The van der Waals surface area contributed by atoms with E-state index in [9.17, 15) is 91.9 Å². The average molecular weight is 1550 g/mol. The maximum atomic E-state index is 11.2. The number of aromatic nitrogens is 1. The summed E-state index contributed by atoms with van der Waals surface area (Å²) in [6.45, 7) is 4.42. The summed E-state index contributed by atoms with van der Waals surface area (Å²) >= 11 is 0. The van der Waals surface area contributed by atoms with Crippen molar-refractivity contribution in [2.75, 3.05) is 66.8 Å². The van der Waals surface area contributed by atoms with Gasteiger partial charge in [-0.3, -0.25) is 0 Å². The normalized spacial score (nSPS) is 43.2. The van der Waals surface area contributed by atoms with Gasteiger partial charge >= 0.3 is 0 Å². The lowest BCUT2D eigenvalue weighted by molar-refractivity contribution is -0.888. The van der Waals surface area contributed by atoms with Crippen LogP contribution in [-0.4, -0.2) is 347 Å². The smallest absolute Gasteiger partial charge is 0.187 e. The minimum absolute atomic E-state index is 0. The van der Waals surface area contributed by atoms with Crippen LogP contribution in [0.2, 0.25) is 0 Å². The SMILES string of the molecule is CC[N+](C)(C)CCCCCCCCCC[n+]1cc(C)cc(C)c1.OC[C@H]1O[C@@H]2O[C@H]3[C@H](O)[C@@H](O)[C@@H](O[C@H]4[C@H](O)[C@@H](O)[C@@H](O[C@H]5[C@H](O)[C@@H](O)[C@@H](O[C@H]6[C@H](O)[C@@H](O)[C@@H](O[C@H]7[C@H](O)[C@@H](O)[C@@H](O[C@H]1[C@H](O)[C@H]2O)O[C@@H]7CO)O[C@@H]6CO)O[C@@H]5CO)O[C@@H]4CO)O[C@@H]3CO.[I-].[I-]. The lowest BCUT2D eigenvalue weighted by Crippen LogP contribution is -3.00. The van der Waals surface area contributed by atoms with Crippen LogP contribution in [0, 0.1) is 13.8 Å². The van der Waals surface area contributed by atoms with Gasteiger partial charge in [0.25, 0.3) is 0 Å². The van der Waals surface area contributed by atoms with Gasteiger partial charge in [0.05, 0.1) is 66.8 Å². The molecule has 1 aromatic heterocycles. The summed E-state index contributed by atoms with van der Waals surface area (Å²) in [6.07, 6.45) is -42.8. The van der Waals surface area contributed by atoms with Crippen LogP contribution in [0.3, 0.4) is 0 Å². The van der Waals surface area contributed by atoms with E-state index in [4.69, 9.17) is 56.8 Å². The molecule has 0 saturated carbocycles. The van der Waals surface area contributed by atoms with E-state index in [1.165, 1.54) is 86.6 Å². The number of unbranched alkanes of at least 4 members (excludes halogenated alkanes) is 7. The van der Waals surface area contributed by atoms with Crippen molar-refractivity contribution in [3.63, 3.8) is 0 Å². The molecule has 532 valence electrons. The first-order valence-corrected chi connectivity index (χ1v) is 30.8. The summed E-state index contributed by atoms with van der Waals surface area (Å²) in [5.74, 6) is 0. The second-order valence-corrected chi connectivity index (χ2v) is 24.8. The topological polar surface area (TPSA) is 479 Å². The highest BCUT2D eigenvalue weighted by molar-refractivity contribution is 5.11. The van der Waals surface area contributed by atoms with Crippen molar-refractivity contribution in [1.82, 2.24) is 0 Å². The number of halogens is 2. The molecule has 34 heteroatoms. The minimum atomic E-state index is -2.15. The van der Waals surface area contributed by atoms with Gasteiger partial charge in [-0.15, -0.1) is 0 Å². The Balaban J connectivity index is 0.000000510. The zero-order valence-electron chi connectivity index (χ0n) is 51.7. The van der Waals surface area contributed by atoms with Crippen LogP contribution in [0.4, 0.5) is 0 Å². The number of aliphatic hydroxyl groups is 18. The summed E-state index contributed by atoms with van der Waals surface area (Å²) in [7, 11) is 4.68. The molecule has 0 unspecified atom stereocenters. The number of pyridine rings is 1. The highest BCUT2D eigenvalue weighted by atomic mass is 127. The molecule has 30 atom stereocenters. The number of rotatable bonds is 18. The average Bonchev–Trinajstić information content (AvgIpc) is 3.46. The van der Waals surface area contributed by atoms with E-state index in [2.05, 4.69) is 57.9 Å². The molecule has 22 fully saturated rings. The Kier molecular flexibility index (Phi) is 33.4. The van der Waals surface area contributed by atoms with Crippen LogP contribution >= 0.6 is 0 Å².